The fourth-order valence-corrected chi connectivity index (χ4v) is 1.21. The quantitative estimate of drug-likeness (QED) is 0.560. The summed E-state index contributed by atoms with van der Waals surface area (Å²) < 4.78 is 0. The van der Waals surface area contributed by atoms with E-state index in [1.807, 2.05) is 0 Å². The van der Waals surface area contributed by atoms with E-state index in [2.05, 4.69) is 4.98 Å². The monoisotopic (exact) mass is 209 g/mol. The Labute approximate surface area is 85.6 Å². The minimum atomic E-state index is -0.692. The predicted octanol–water partition coefficient (Wildman–Crippen LogP) is 0.563. The van der Waals surface area contributed by atoms with Gasteiger partial charge in [-0.05, 0) is 6.92 Å². The molecule has 1 aromatic heterocycles. The molecule has 3 N–H and O–H groups in total. The van der Waals surface area contributed by atoms with E-state index in [1.165, 1.54) is 13.1 Å². The average Bonchev–Trinajstić information content (AvgIpc) is 2.16. The number of nitrogens with two attached hydrogens (primary N) is 1. The molecule has 80 valence electrons. The number of nitrogens with zero attached hydrogens (tertiary/aromatic N) is 1. The molecule has 0 aliphatic rings. The van der Waals surface area contributed by atoms with Gasteiger partial charge in [-0.15, -0.1) is 0 Å². The largest absolute Gasteiger partial charge is 0.337 e. The van der Waals surface area contributed by atoms with Crippen LogP contribution in [0.15, 0.2) is 17.1 Å². The predicted molar refractivity (Wildman–Crippen MR) is 56.5 cm³/mol. The van der Waals surface area contributed by atoms with Crippen LogP contribution in [0.2, 0.25) is 0 Å². The summed E-state index contributed by atoms with van der Waals surface area (Å²) in [5.41, 5.74) is 5.08. The summed E-state index contributed by atoms with van der Waals surface area (Å²) >= 11 is 0. The zero-order chi connectivity index (χ0) is 11.4. The standard InChI is InChI=1S/C9H11N3O3/c1-6-7(3-2-4-10)5-11-9(13)8(6)12(14)15/h2-3,5H,4,10H2,1H3,(H,11,13). The van der Waals surface area contributed by atoms with Crippen LogP contribution in [0.3, 0.4) is 0 Å². The summed E-state index contributed by atoms with van der Waals surface area (Å²) in [7, 11) is 0. The van der Waals surface area contributed by atoms with Crippen LogP contribution in [0.4, 0.5) is 5.69 Å². The van der Waals surface area contributed by atoms with Crippen LogP contribution in [0.25, 0.3) is 6.08 Å². The van der Waals surface area contributed by atoms with Crippen molar-refractivity contribution in [1.82, 2.24) is 4.98 Å². The lowest BCUT2D eigenvalue weighted by molar-refractivity contribution is -0.386. The van der Waals surface area contributed by atoms with Crippen molar-refractivity contribution in [2.45, 2.75) is 6.92 Å². The molecule has 6 nitrogen and oxygen atoms in total. The van der Waals surface area contributed by atoms with E-state index in [0.717, 1.165) is 0 Å². The van der Waals surface area contributed by atoms with Crippen molar-refractivity contribution in [3.8, 4) is 0 Å². The van der Waals surface area contributed by atoms with Crippen LogP contribution in [-0.2, 0) is 0 Å². The van der Waals surface area contributed by atoms with Crippen LogP contribution in [0, 0.1) is 17.0 Å². The van der Waals surface area contributed by atoms with Gasteiger partial charge < -0.3 is 10.7 Å². The van der Waals surface area contributed by atoms with Gasteiger partial charge in [0.05, 0.1) is 4.92 Å². The Bertz CT molecular complexity index is 462. The van der Waals surface area contributed by atoms with E-state index in [-0.39, 0.29) is 0 Å². The Balaban J connectivity index is 3.35. The minimum absolute atomic E-state index is 0.340. The van der Waals surface area contributed by atoms with Crippen LogP contribution >= 0.6 is 0 Å². The summed E-state index contributed by atoms with van der Waals surface area (Å²) in [4.78, 5) is 23.4. The zero-order valence-corrected chi connectivity index (χ0v) is 8.19. The Morgan fingerprint density at radius 3 is 2.87 bits per heavy atom. The first kappa shape index (κ1) is 11.1. The van der Waals surface area contributed by atoms with Crippen molar-refractivity contribution in [3.05, 3.63) is 43.9 Å². The third-order valence-corrected chi connectivity index (χ3v) is 1.98. The van der Waals surface area contributed by atoms with E-state index < -0.39 is 16.2 Å². The Kier molecular flexibility index (Phi) is 3.35. The van der Waals surface area contributed by atoms with Gasteiger partial charge in [0.15, 0.2) is 0 Å². The molecule has 0 aliphatic carbocycles. The lowest BCUT2D eigenvalue weighted by Gasteiger charge is -2.00. The highest BCUT2D eigenvalue weighted by molar-refractivity contribution is 5.57. The van der Waals surface area contributed by atoms with Gasteiger partial charge in [-0.1, -0.05) is 12.2 Å². The van der Waals surface area contributed by atoms with Gasteiger partial charge in [0.1, 0.15) is 0 Å². The first-order valence-electron chi connectivity index (χ1n) is 4.31. The smallest absolute Gasteiger partial charge is 0.327 e. The summed E-state index contributed by atoms with van der Waals surface area (Å²) in [5, 5.41) is 10.6. The summed E-state index contributed by atoms with van der Waals surface area (Å²) in [6.45, 7) is 1.87. The maximum atomic E-state index is 11.2. The SMILES string of the molecule is Cc1c(C=CCN)c[nH]c(=O)c1[N+](=O)[O-]. The molecule has 1 aromatic rings. The molecule has 15 heavy (non-hydrogen) atoms. The molecule has 0 radical (unpaired) electrons. The number of nitrogens with one attached hydrogen (secondary N) is 1. The highest BCUT2D eigenvalue weighted by Crippen LogP contribution is 2.16. The third kappa shape index (κ3) is 2.29. The number of rotatable bonds is 3. The van der Waals surface area contributed by atoms with Crippen LogP contribution < -0.4 is 11.3 Å². The molecule has 1 rings (SSSR count). The van der Waals surface area contributed by atoms with Gasteiger partial charge in [-0.2, -0.15) is 0 Å². The number of hydrogen-bond acceptors (Lipinski definition) is 4. The second kappa shape index (κ2) is 4.52. The number of hydrogen-bond donors (Lipinski definition) is 2. The van der Waals surface area contributed by atoms with Crippen molar-refractivity contribution in [2.75, 3.05) is 6.54 Å². The van der Waals surface area contributed by atoms with Crippen LogP contribution in [0.5, 0.6) is 0 Å². The number of nitro groups is 1. The molecule has 0 amide bonds. The molecule has 0 saturated carbocycles. The molecule has 0 atom stereocenters. The van der Waals surface area contributed by atoms with Gasteiger partial charge in [-0.25, -0.2) is 0 Å². The number of aromatic amines is 1. The van der Waals surface area contributed by atoms with E-state index in [9.17, 15) is 14.9 Å². The molecule has 6 heteroatoms. The second-order valence-corrected chi connectivity index (χ2v) is 2.94. The Morgan fingerprint density at radius 2 is 2.33 bits per heavy atom. The highest BCUT2D eigenvalue weighted by Gasteiger charge is 2.17. The maximum Gasteiger partial charge on any atom is 0.337 e. The molecule has 0 spiro atoms. The number of aromatic nitrogens is 1. The number of H-pyrrole nitrogens is 1. The van der Waals surface area contributed by atoms with E-state index in [1.54, 1.807) is 12.2 Å². The van der Waals surface area contributed by atoms with Crippen LogP contribution in [-0.4, -0.2) is 16.5 Å². The van der Waals surface area contributed by atoms with E-state index in [4.69, 9.17) is 5.73 Å². The molecule has 0 aliphatic heterocycles. The highest BCUT2D eigenvalue weighted by atomic mass is 16.6. The van der Waals surface area contributed by atoms with E-state index >= 15 is 0 Å². The van der Waals surface area contributed by atoms with E-state index in [0.29, 0.717) is 17.7 Å². The zero-order valence-electron chi connectivity index (χ0n) is 8.19. The van der Waals surface area contributed by atoms with Gasteiger partial charge in [0.2, 0.25) is 0 Å². The molecule has 0 unspecified atom stereocenters. The lowest BCUT2D eigenvalue weighted by atomic mass is 10.1. The lowest BCUT2D eigenvalue weighted by Crippen LogP contribution is -2.13. The summed E-state index contributed by atoms with van der Waals surface area (Å²) in [6.07, 6.45) is 4.72. The normalized spacial score (nSPS) is 10.8. The Morgan fingerprint density at radius 1 is 1.67 bits per heavy atom. The minimum Gasteiger partial charge on any atom is -0.327 e. The molecular weight excluding hydrogens is 198 g/mol. The van der Waals surface area contributed by atoms with Gasteiger partial charge in [-0.3, -0.25) is 14.9 Å². The molecule has 0 saturated heterocycles. The van der Waals surface area contributed by atoms with Gasteiger partial charge in [0.25, 0.3) is 0 Å². The molecule has 1 heterocycles. The average molecular weight is 209 g/mol. The van der Waals surface area contributed by atoms with Crippen molar-refractivity contribution >= 4 is 11.8 Å². The summed E-state index contributed by atoms with van der Waals surface area (Å²) in [6, 6.07) is 0. The van der Waals surface area contributed by atoms with Crippen molar-refractivity contribution < 1.29 is 4.92 Å². The molecular formula is C9H11N3O3. The van der Waals surface area contributed by atoms with Gasteiger partial charge in [0, 0.05) is 23.9 Å². The molecule has 0 fully saturated rings. The van der Waals surface area contributed by atoms with Crippen molar-refractivity contribution in [2.24, 2.45) is 5.73 Å². The second-order valence-electron chi connectivity index (χ2n) is 2.94. The first-order chi connectivity index (χ1) is 7.07. The first-order valence-corrected chi connectivity index (χ1v) is 4.31. The fourth-order valence-electron chi connectivity index (χ4n) is 1.21. The van der Waals surface area contributed by atoms with Crippen molar-refractivity contribution in [3.63, 3.8) is 0 Å². The third-order valence-electron chi connectivity index (χ3n) is 1.98. The molecule has 0 bridgehead atoms. The Hall–Kier alpha value is -1.95. The van der Waals surface area contributed by atoms with Crippen molar-refractivity contribution in [1.29, 1.82) is 0 Å². The number of pyridine rings is 1. The summed E-state index contributed by atoms with van der Waals surface area (Å²) in [5.74, 6) is 0. The topological polar surface area (TPSA) is 102 Å². The maximum absolute atomic E-state index is 11.2. The van der Waals surface area contributed by atoms with Gasteiger partial charge >= 0.3 is 11.2 Å². The molecule has 0 aromatic carbocycles. The fraction of sp³-hybridized carbons (Fsp3) is 0.222. The van der Waals surface area contributed by atoms with Crippen LogP contribution in [0.1, 0.15) is 11.1 Å².